The molecule has 6 heteroatoms. The highest BCUT2D eigenvalue weighted by Crippen LogP contribution is 2.42. The topological polar surface area (TPSA) is 68.2 Å². The van der Waals surface area contributed by atoms with E-state index in [0.29, 0.717) is 6.61 Å². The van der Waals surface area contributed by atoms with E-state index in [1.54, 1.807) is 0 Å². The van der Waals surface area contributed by atoms with Gasteiger partial charge in [0.1, 0.15) is 17.6 Å². The second-order valence-corrected chi connectivity index (χ2v) is 7.89. The highest BCUT2D eigenvalue weighted by Gasteiger charge is 2.30. The Balaban J connectivity index is 1.34. The van der Waals surface area contributed by atoms with E-state index in [0.717, 1.165) is 56.2 Å². The molecule has 152 valence electrons. The molecule has 0 aromatic heterocycles. The van der Waals surface area contributed by atoms with Crippen molar-refractivity contribution in [1.82, 2.24) is 0 Å². The number of hydrogen-bond acceptors (Lipinski definition) is 5. The van der Waals surface area contributed by atoms with Gasteiger partial charge in [0.15, 0.2) is 0 Å². The van der Waals surface area contributed by atoms with Crippen molar-refractivity contribution in [3.05, 3.63) is 53.1 Å². The van der Waals surface area contributed by atoms with Gasteiger partial charge in [-0.15, -0.1) is 0 Å². The maximum absolute atomic E-state index is 11.0. The van der Waals surface area contributed by atoms with Crippen molar-refractivity contribution < 1.29 is 24.1 Å². The van der Waals surface area contributed by atoms with Gasteiger partial charge in [-0.05, 0) is 36.1 Å². The number of aliphatic carboxylic acids is 1. The van der Waals surface area contributed by atoms with Gasteiger partial charge in [0.05, 0.1) is 26.2 Å². The van der Waals surface area contributed by atoms with Gasteiger partial charge in [0.2, 0.25) is 0 Å². The van der Waals surface area contributed by atoms with Crippen molar-refractivity contribution >= 4 is 11.7 Å². The minimum Gasteiger partial charge on any atom is -0.492 e. The number of nitrogens with zero attached hydrogens (tertiary/aromatic N) is 1. The molecule has 0 amide bonds. The summed E-state index contributed by atoms with van der Waals surface area (Å²) < 4.78 is 17.6. The number of benzene rings is 2. The lowest BCUT2D eigenvalue weighted by molar-refractivity contribution is -0.137. The van der Waals surface area contributed by atoms with E-state index in [9.17, 15) is 4.79 Å². The van der Waals surface area contributed by atoms with E-state index >= 15 is 0 Å². The first-order valence-electron chi connectivity index (χ1n) is 10.3. The molecule has 1 N–H and O–H groups in total. The van der Waals surface area contributed by atoms with Gasteiger partial charge in [-0.2, -0.15) is 0 Å². The van der Waals surface area contributed by atoms with Gasteiger partial charge in [-0.25, -0.2) is 0 Å². The Kier molecular flexibility index (Phi) is 4.79. The zero-order valence-corrected chi connectivity index (χ0v) is 16.3. The SMILES string of the molecule is O=C(O)C[C@@H]1COc2cc(O[C@@H]3CCc4c3cccc4N3CCOCC3)ccc21. The van der Waals surface area contributed by atoms with Gasteiger partial charge in [-0.1, -0.05) is 18.2 Å². The van der Waals surface area contributed by atoms with Crippen LogP contribution in [0.2, 0.25) is 0 Å². The molecule has 2 heterocycles. The van der Waals surface area contributed by atoms with Crippen molar-refractivity contribution in [2.45, 2.75) is 31.3 Å². The van der Waals surface area contributed by atoms with Gasteiger partial charge < -0.3 is 24.2 Å². The van der Waals surface area contributed by atoms with Crippen LogP contribution >= 0.6 is 0 Å². The standard InChI is InChI=1S/C23H25NO5/c25-23(26)12-15-14-28-22-13-16(4-5-17(15)22)29-21-7-6-18-19(21)2-1-3-20(18)24-8-10-27-11-9-24/h1-5,13,15,21H,6-12,14H2,(H,25,26)/t15-,21-/m1/s1. The zero-order chi connectivity index (χ0) is 19.8. The Bertz CT molecular complexity index is 921. The molecule has 1 fully saturated rings. The maximum Gasteiger partial charge on any atom is 0.304 e. The van der Waals surface area contributed by atoms with Crippen LogP contribution in [0.5, 0.6) is 11.5 Å². The van der Waals surface area contributed by atoms with Crippen LogP contribution in [0.1, 0.15) is 41.6 Å². The molecule has 5 rings (SSSR count). The quantitative estimate of drug-likeness (QED) is 0.835. The van der Waals surface area contributed by atoms with E-state index in [-0.39, 0.29) is 18.4 Å². The highest BCUT2D eigenvalue weighted by molar-refractivity contribution is 5.69. The molecule has 2 atom stereocenters. The molecule has 2 aliphatic heterocycles. The monoisotopic (exact) mass is 395 g/mol. The third-order valence-electron chi connectivity index (χ3n) is 6.11. The number of rotatable bonds is 5. The lowest BCUT2D eigenvalue weighted by atomic mass is 9.98. The summed E-state index contributed by atoms with van der Waals surface area (Å²) in [6, 6.07) is 12.3. The van der Waals surface area contributed by atoms with Crippen molar-refractivity contribution in [2.75, 3.05) is 37.8 Å². The molecule has 1 saturated heterocycles. The van der Waals surface area contributed by atoms with E-state index in [2.05, 4.69) is 23.1 Å². The number of carbonyl (C=O) groups is 1. The number of fused-ring (bicyclic) bond motifs is 2. The van der Waals surface area contributed by atoms with Crippen LogP contribution in [-0.4, -0.2) is 44.0 Å². The Labute approximate surface area is 170 Å². The van der Waals surface area contributed by atoms with E-state index in [1.807, 2.05) is 18.2 Å². The van der Waals surface area contributed by atoms with Crippen LogP contribution in [0.3, 0.4) is 0 Å². The third-order valence-corrected chi connectivity index (χ3v) is 6.11. The first-order valence-corrected chi connectivity index (χ1v) is 10.3. The van der Waals surface area contributed by atoms with Gasteiger partial charge in [-0.3, -0.25) is 4.79 Å². The van der Waals surface area contributed by atoms with Crippen molar-refractivity contribution in [1.29, 1.82) is 0 Å². The molecule has 29 heavy (non-hydrogen) atoms. The molecule has 1 aliphatic carbocycles. The van der Waals surface area contributed by atoms with Crippen LogP contribution in [0, 0.1) is 0 Å². The molecule has 3 aliphatic rings. The lowest BCUT2D eigenvalue weighted by Gasteiger charge is -2.30. The maximum atomic E-state index is 11.0. The summed E-state index contributed by atoms with van der Waals surface area (Å²) in [5, 5.41) is 9.06. The number of morpholine rings is 1. The third kappa shape index (κ3) is 3.53. The molecule has 0 radical (unpaired) electrons. The number of carboxylic acids is 1. The van der Waals surface area contributed by atoms with Crippen molar-refractivity contribution in [3.63, 3.8) is 0 Å². The first-order chi connectivity index (χ1) is 14.2. The summed E-state index contributed by atoms with van der Waals surface area (Å²) in [7, 11) is 0. The Morgan fingerprint density at radius 3 is 2.86 bits per heavy atom. The Morgan fingerprint density at radius 1 is 1.17 bits per heavy atom. The molecule has 0 spiro atoms. The average Bonchev–Trinajstić information content (AvgIpc) is 3.32. The van der Waals surface area contributed by atoms with E-state index < -0.39 is 5.97 Å². The van der Waals surface area contributed by atoms with Gasteiger partial charge in [0, 0.05) is 36.3 Å². The fraction of sp³-hybridized carbons (Fsp3) is 0.435. The molecule has 2 aromatic rings. The van der Waals surface area contributed by atoms with Crippen LogP contribution < -0.4 is 14.4 Å². The molecule has 0 bridgehead atoms. The van der Waals surface area contributed by atoms with Crippen LogP contribution in [0.15, 0.2) is 36.4 Å². The fourth-order valence-electron chi connectivity index (χ4n) is 4.69. The minimum absolute atomic E-state index is 0.0280. The molecule has 6 nitrogen and oxygen atoms in total. The Morgan fingerprint density at radius 2 is 2.03 bits per heavy atom. The molecular formula is C23H25NO5. The Hall–Kier alpha value is -2.73. The molecule has 0 unspecified atom stereocenters. The molecule has 2 aromatic carbocycles. The zero-order valence-electron chi connectivity index (χ0n) is 16.3. The predicted octanol–water partition coefficient (Wildman–Crippen LogP) is 3.54. The smallest absolute Gasteiger partial charge is 0.304 e. The van der Waals surface area contributed by atoms with Crippen LogP contribution in [-0.2, 0) is 16.0 Å². The predicted molar refractivity (Wildman–Crippen MR) is 108 cm³/mol. The van der Waals surface area contributed by atoms with Gasteiger partial charge in [0.25, 0.3) is 0 Å². The summed E-state index contributed by atoms with van der Waals surface area (Å²) in [6.45, 7) is 3.84. The summed E-state index contributed by atoms with van der Waals surface area (Å²) in [5.74, 6) is 0.633. The van der Waals surface area contributed by atoms with Crippen molar-refractivity contribution in [3.8, 4) is 11.5 Å². The lowest BCUT2D eigenvalue weighted by Crippen LogP contribution is -2.36. The summed E-state index contributed by atoms with van der Waals surface area (Å²) >= 11 is 0. The largest absolute Gasteiger partial charge is 0.492 e. The van der Waals surface area contributed by atoms with Crippen LogP contribution in [0.25, 0.3) is 0 Å². The number of anilines is 1. The number of carboxylic acid groups (broad SMARTS) is 1. The normalized spacial score (nSPS) is 22.7. The highest BCUT2D eigenvalue weighted by atomic mass is 16.5. The molecule has 0 saturated carbocycles. The summed E-state index contributed by atoms with van der Waals surface area (Å²) in [6.07, 6.45) is 2.08. The van der Waals surface area contributed by atoms with Crippen LogP contribution in [0.4, 0.5) is 5.69 Å². The van der Waals surface area contributed by atoms with Crippen molar-refractivity contribution in [2.24, 2.45) is 0 Å². The van der Waals surface area contributed by atoms with E-state index in [1.165, 1.54) is 16.8 Å². The summed E-state index contributed by atoms with van der Waals surface area (Å²) in [4.78, 5) is 13.4. The van der Waals surface area contributed by atoms with E-state index in [4.69, 9.17) is 19.3 Å². The second kappa shape index (κ2) is 7.59. The first kappa shape index (κ1) is 18.3. The molecular weight excluding hydrogens is 370 g/mol. The minimum atomic E-state index is -0.801. The summed E-state index contributed by atoms with van der Waals surface area (Å²) in [5.41, 5.74) is 4.92. The fourth-order valence-corrected chi connectivity index (χ4v) is 4.69. The average molecular weight is 395 g/mol. The number of hydrogen-bond donors (Lipinski definition) is 1. The second-order valence-electron chi connectivity index (χ2n) is 7.89. The number of ether oxygens (including phenoxy) is 3. The van der Waals surface area contributed by atoms with Gasteiger partial charge >= 0.3 is 5.97 Å².